The van der Waals surface area contributed by atoms with Gasteiger partial charge in [-0.1, -0.05) is 0 Å². The number of hydrogen-bond acceptors (Lipinski definition) is 3. The van der Waals surface area contributed by atoms with E-state index in [1.54, 1.807) is 24.1 Å². The highest BCUT2D eigenvalue weighted by Crippen LogP contribution is 2.29. The van der Waals surface area contributed by atoms with E-state index >= 15 is 0 Å². The maximum absolute atomic E-state index is 14.2. The van der Waals surface area contributed by atoms with E-state index in [0.29, 0.717) is 23.7 Å². The fourth-order valence-electron chi connectivity index (χ4n) is 2.68. The number of hydrogen-bond donors (Lipinski definition) is 1. The summed E-state index contributed by atoms with van der Waals surface area (Å²) in [7, 11) is 1.76. The molecular weight excluding hydrogens is 288 g/mol. The number of aryl methyl sites for hydroxylation is 1. The first-order valence-electron chi connectivity index (χ1n) is 7.45. The molecule has 0 unspecified atom stereocenters. The second kappa shape index (κ2) is 6.44. The van der Waals surface area contributed by atoms with Crippen molar-refractivity contribution in [2.45, 2.75) is 12.8 Å². The molecule has 0 spiro atoms. The molecule has 1 aromatic heterocycles. The molecule has 3 rings (SSSR count). The molecule has 1 aliphatic heterocycles. The van der Waals surface area contributed by atoms with E-state index in [9.17, 15) is 8.78 Å². The third kappa shape index (κ3) is 3.27. The van der Waals surface area contributed by atoms with Crippen molar-refractivity contribution in [1.29, 1.82) is 0 Å². The predicted molar refractivity (Wildman–Crippen MR) is 79.6 cm³/mol. The van der Waals surface area contributed by atoms with Crippen molar-refractivity contribution >= 4 is 0 Å². The van der Waals surface area contributed by atoms with Crippen LogP contribution in [0, 0.1) is 17.6 Å². The lowest BCUT2D eigenvalue weighted by Crippen LogP contribution is -2.30. The summed E-state index contributed by atoms with van der Waals surface area (Å²) in [6, 6.07) is 2.58. The zero-order valence-electron chi connectivity index (χ0n) is 12.5. The van der Waals surface area contributed by atoms with Gasteiger partial charge >= 0.3 is 0 Å². The van der Waals surface area contributed by atoms with Gasteiger partial charge in [-0.15, -0.1) is 0 Å². The van der Waals surface area contributed by atoms with Crippen LogP contribution in [0.15, 0.2) is 24.5 Å². The van der Waals surface area contributed by atoms with Gasteiger partial charge in [0.15, 0.2) is 17.4 Å². The van der Waals surface area contributed by atoms with Crippen LogP contribution in [0.4, 0.5) is 8.78 Å². The van der Waals surface area contributed by atoms with Gasteiger partial charge < -0.3 is 10.1 Å². The minimum absolute atomic E-state index is 0.286. The standard InChI is InChI=1S/C16H19F2N3O/c1-21-9-13(8-20-21)12-6-14(17)16(15(18)7-12)22-10-11-2-4-19-5-3-11/h6-9,11,19H,2-5,10H2,1H3. The molecule has 6 heteroatoms. The monoisotopic (exact) mass is 307 g/mol. The number of nitrogens with one attached hydrogen (secondary N) is 1. The Balaban J connectivity index is 1.74. The molecule has 1 N–H and O–H groups in total. The molecule has 1 aromatic carbocycles. The molecule has 118 valence electrons. The predicted octanol–water partition coefficient (Wildman–Crippen LogP) is 2.74. The second-order valence-electron chi connectivity index (χ2n) is 5.68. The summed E-state index contributed by atoms with van der Waals surface area (Å²) in [5.41, 5.74) is 1.13. The first kappa shape index (κ1) is 15.0. The molecule has 0 atom stereocenters. The highest BCUT2D eigenvalue weighted by molar-refractivity contribution is 5.63. The largest absolute Gasteiger partial charge is 0.487 e. The molecule has 1 fully saturated rings. The van der Waals surface area contributed by atoms with E-state index in [-0.39, 0.29) is 5.75 Å². The second-order valence-corrected chi connectivity index (χ2v) is 5.68. The van der Waals surface area contributed by atoms with Gasteiger partial charge in [-0.05, 0) is 49.5 Å². The Morgan fingerprint density at radius 2 is 1.91 bits per heavy atom. The Bertz CT molecular complexity index is 628. The molecule has 22 heavy (non-hydrogen) atoms. The Morgan fingerprint density at radius 1 is 1.23 bits per heavy atom. The summed E-state index contributed by atoms with van der Waals surface area (Å²) >= 11 is 0. The van der Waals surface area contributed by atoms with Gasteiger partial charge in [-0.25, -0.2) is 8.78 Å². The Kier molecular flexibility index (Phi) is 4.38. The average Bonchev–Trinajstić information content (AvgIpc) is 2.94. The van der Waals surface area contributed by atoms with Crippen molar-refractivity contribution in [3.05, 3.63) is 36.2 Å². The average molecular weight is 307 g/mol. The molecule has 1 saturated heterocycles. The third-order valence-corrected chi connectivity index (χ3v) is 3.96. The molecule has 2 aromatic rings. The van der Waals surface area contributed by atoms with E-state index in [4.69, 9.17) is 4.74 Å². The Morgan fingerprint density at radius 3 is 2.50 bits per heavy atom. The van der Waals surface area contributed by atoms with Crippen LogP contribution in [0.5, 0.6) is 5.75 Å². The topological polar surface area (TPSA) is 39.1 Å². The van der Waals surface area contributed by atoms with Crippen molar-refractivity contribution in [3.8, 4) is 16.9 Å². The van der Waals surface area contributed by atoms with Crippen LogP contribution >= 0.6 is 0 Å². The molecular formula is C16H19F2N3O. The molecule has 4 nitrogen and oxygen atoms in total. The Hall–Kier alpha value is -1.95. The van der Waals surface area contributed by atoms with Crippen molar-refractivity contribution in [2.75, 3.05) is 19.7 Å². The lowest BCUT2D eigenvalue weighted by molar-refractivity contribution is 0.201. The van der Waals surface area contributed by atoms with E-state index in [1.807, 2.05) is 0 Å². The number of nitrogens with zero attached hydrogens (tertiary/aromatic N) is 2. The molecule has 0 saturated carbocycles. The van der Waals surface area contributed by atoms with E-state index < -0.39 is 11.6 Å². The van der Waals surface area contributed by atoms with Gasteiger partial charge in [-0.2, -0.15) is 5.10 Å². The number of benzene rings is 1. The maximum Gasteiger partial charge on any atom is 0.190 e. The van der Waals surface area contributed by atoms with Crippen molar-refractivity contribution in [2.24, 2.45) is 13.0 Å². The van der Waals surface area contributed by atoms with Gasteiger partial charge in [0.2, 0.25) is 0 Å². The van der Waals surface area contributed by atoms with E-state index in [1.165, 1.54) is 12.1 Å². The van der Waals surface area contributed by atoms with Crippen LogP contribution in [0.2, 0.25) is 0 Å². The zero-order chi connectivity index (χ0) is 15.5. The first-order chi connectivity index (χ1) is 10.6. The van der Waals surface area contributed by atoms with Crippen molar-refractivity contribution in [3.63, 3.8) is 0 Å². The van der Waals surface area contributed by atoms with Crippen LogP contribution in [0.1, 0.15) is 12.8 Å². The van der Waals surface area contributed by atoms with Gasteiger partial charge in [0.1, 0.15) is 0 Å². The zero-order valence-corrected chi connectivity index (χ0v) is 12.5. The van der Waals surface area contributed by atoms with Gasteiger partial charge in [0, 0.05) is 18.8 Å². The lowest BCUT2D eigenvalue weighted by atomic mass is 9.99. The van der Waals surface area contributed by atoms with Crippen LogP contribution in [-0.4, -0.2) is 29.5 Å². The van der Waals surface area contributed by atoms with Crippen LogP contribution in [0.3, 0.4) is 0 Å². The highest BCUT2D eigenvalue weighted by atomic mass is 19.1. The summed E-state index contributed by atoms with van der Waals surface area (Å²) < 4.78 is 35.3. The summed E-state index contributed by atoms with van der Waals surface area (Å²) in [6.45, 7) is 2.21. The smallest absolute Gasteiger partial charge is 0.190 e. The molecule has 0 amide bonds. The minimum atomic E-state index is -0.673. The first-order valence-corrected chi connectivity index (χ1v) is 7.45. The van der Waals surface area contributed by atoms with Crippen LogP contribution in [0.25, 0.3) is 11.1 Å². The molecule has 1 aliphatic rings. The van der Waals surface area contributed by atoms with Crippen molar-refractivity contribution < 1.29 is 13.5 Å². The number of aromatic nitrogens is 2. The molecule has 2 heterocycles. The summed E-state index contributed by atoms with van der Waals surface area (Å²) in [5.74, 6) is -1.29. The summed E-state index contributed by atoms with van der Waals surface area (Å²) in [6.07, 6.45) is 5.22. The molecule has 0 radical (unpaired) electrons. The fourth-order valence-corrected chi connectivity index (χ4v) is 2.68. The normalized spacial score (nSPS) is 16.0. The quantitative estimate of drug-likeness (QED) is 0.944. The number of ether oxygens (including phenoxy) is 1. The summed E-state index contributed by atoms with van der Waals surface area (Å²) in [5, 5.41) is 7.26. The molecule has 0 bridgehead atoms. The third-order valence-electron chi connectivity index (χ3n) is 3.96. The van der Waals surface area contributed by atoms with Gasteiger partial charge in [-0.3, -0.25) is 4.68 Å². The maximum atomic E-state index is 14.2. The SMILES string of the molecule is Cn1cc(-c2cc(F)c(OCC3CCNCC3)c(F)c2)cn1. The number of piperidine rings is 1. The van der Waals surface area contributed by atoms with Gasteiger partial charge in [0.25, 0.3) is 0 Å². The number of halogens is 2. The van der Waals surface area contributed by atoms with E-state index in [2.05, 4.69) is 10.4 Å². The Labute approximate surface area is 128 Å². The van der Waals surface area contributed by atoms with Crippen LogP contribution < -0.4 is 10.1 Å². The summed E-state index contributed by atoms with van der Waals surface area (Å²) in [4.78, 5) is 0. The highest BCUT2D eigenvalue weighted by Gasteiger charge is 2.18. The van der Waals surface area contributed by atoms with Crippen molar-refractivity contribution in [1.82, 2.24) is 15.1 Å². The lowest BCUT2D eigenvalue weighted by Gasteiger charge is -2.22. The number of rotatable bonds is 4. The van der Waals surface area contributed by atoms with Gasteiger partial charge in [0.05, 0.1) is 12.8 Å². The minimum Gasteiger partial charge on any atom is -0.487 e. The molecule has 0 aliphatic carbocycles. The van der Waals surface area contributed by atoms with E-state index in [0.717, 1.165) is 25.9 Å². The fraction of sp³-hybridized carbons (Fsp3) is 0.438. The van der Waals surface area contributed by atoms with Crippen LogP contribution in [-0.2, 0) is 7.05 Å².